The summed E-state index contributed by atoms with van der Waals surface area (Å²) in [5.74, 6) is 0. The summed E-state index contributed by atoms with van der Waals surface area (Å²) in [5, 5.41) is 5.16. The lowest BCUT2D eigenvalue weighted by molar-refractivity contribution is 1.26. The molecule has 1 aliphatic rings. The summed E-state index contributed by atoms with van der Waals surface area (Å²) in [6.45, 7) is 0. The molecule has 33 heavy (non-hydrogen) atoms. The van der Waals surface area contributed by atoms with E-state index in [0.717, 1.165) is 6.42 Å². The van der Waals surface area contributed by atoms with Gasteiger partial charge in [0.15, 0.2) is 0 Å². The number of benzene rings is 6. The zero-order valence-corrected chi connectivity index (χ0v) is 18.3. The first-order valence-electron chi connectivity index (χ1n) is 11.6. The number of hydrogen-bond donors (Lipinski definition) is 0. The normalized spacial score (nSPS) is 12.1. The second-order valence-electron chi connectivity index (χ2n) is 8.94. The molecule has 0 bridgehead atoms. The van der Waals surface area contributed by atoms with Crippen LogP contribution >= 0.6 is 0 Å². The van der Waals surface area contributed by atoms with Gasteiger partial charge in [0.1, 0.15) is 0 Å². The van der Waals surface area contributed by atoms with Crippen LogP contribution in [0.15, 0.2) is 121 Å². The third-order valence-electron chi connectivity index (χ3n) is 7.09. The van der Waals surface area contributed by atoms with E-state index in [1.54, 1.807) is 0 Å². The van der Waals surface area contributed by atoms with E-state index in [9.17, 15) is 0 Å². The second-order valence-corrected chi connectivity index (χ2v) is 8.94. The lowest BCUT2D eigenvalue weighted by atomic mass is 9.86. The van der Waals surface area contributed by atoms with Crippen LogP contribution in [0, 0.1) is 0 Å². The predicted molar refractivity (Wildman–Crippen MR) is 141 cm³/mol. The molecule has 0 heterocycles. The van der Waals surface area contributed by atoms with Crippen LogP contribution in [-0.4, -0.2) is 0 Å². The molecule has 0 heteroatoms. The van der Waals surface area contributed by atoms with Gasteiger partial charge in [-0.2, -0.15) is 0 Å². The minimum Gasteiger partial charge on any atom is -0.0619 e. The number of rotatable bonds is 2. The van der Waals surface area contributed by atoms with Crippen molar-refractivity contribution in [2.75, 3.05) is 0 Å². The highest BCUT2D eigenvalue weighted by Gasteiger charge is 2.22. The Kier molecular flexibility index (Phi) is 4.01. The van der Waals surface area contributed by atoms with Crippen LogP contribution in [0.5, 0.6) is 0 Å². The lowest BCUT2D eigenvalue weighted by Gasteiger charge is -2.17. The Balaban J connectivity index is 1.59. The third-order valence-corrected chi connectivity index (χ3v) is 7.09. The maximum Gasteiger partial charge on any atom is -0.00132 e. The summed E-state index contributed by atoms with van der Waals surface area (Å²) in [4.78, 5) is 0. The molecule has 0 N–H and O–H groups in total. The molecule has 7 rings (SSSR count). The van der Waals surface area contributed by atoms with E-state index in [2.05, 4.69) is 121 Å². The topological polar surface area (TPSA) is 0 Å². The molecule has 6 aromatic carbocycles. The molecule has 0 fully saturated rings. The molecule has 0 amide bonds. The highest BCUT2D eigenvalue weighted by atomic mass is 14.3. The third kappa shape index (κ3) is 2.84. The summed E-state index contributed by atoms with van der Waals surface area (Å²) in [7, 11) is 0. The van der Waals surface area contributed by atoms with Gasteiger partial charge in [-0.3, -0.25) is 0 Å². The first kappa shape index (κ1) is 18.4. The maximum absolute atomic E-state index is 2.45. The van der Waals surface area contributed by atoms with Crippen LogP contribution in [0.2, 0.25) is 0 Å². The molecular weight excluding hydrogens is 396 g/mol. The Bertz CT molecular complexity index is 1680. The summed E-state index contributed by atoms with van der Waals surface area (Å²) < 4.78 is 0. The van der Waals surface area contributed by atoms with Gasteiger partial charge in [0.2, 0.25) is 0 Å². The zero-order valence-electron chi connectivity index (χ0n) is 18.3. The Morgan fingerprint density at radius 3 is 1.55 bits per heavy atom. The fourth-order valence-corrected chi connectivity index (χ4v) is 5.55. The summed E-state index contributed by atoms with van der Waals surface area (Å²) in [5.41, 5.74) is 10.8. The minimum atomic E-state index is 0.999. The molecular formula is C33H22. The first-order chi connectivity index (χ1) is 16.4. The van der Waals surface area contributed by atoms with E-state index in [1.807, 2.05) is 0 Å². The van der Waals surface area contributed by atoms with Crippen molar-refractivity contribution in [3.63, 3.8) is 0 Å². The van der Waals surface area contributed by atoms with Crippen molar-refractivity contribution in [3.8, 4) is 33.4 Å². The average Bonchev–Trinajstić information content (AvgIpc) is 3.25. The van der Waals surface area contributed by atoms with Gasteiger partial charge in [0, 0.05) is 0 Å². The monoisotopic (exact) mass is 418 g/mol. The van der Waals surface area contributed by atoms with E-state index < -0.39 is 0 Å². The van der Waals surface area contributed by atoms with Gasteiger partial charge in [-0.15, -0.1) is 0 Å². The van der Waals surface area contributed by atoms with Gasteiger partial charge in [-0.05, 0) is 84.6 Å². The molecule has 1 aliphatic carbocycles. The quantitative estimate of drug-likeness (QED) is 0.263. The second kappa shape index (κ2) is 7.18. The summed E-state index contributed by atoms with van der Waals surface area (Å²) >= 11 is 0. The van der Waals surface area contributed by atoms with Crippen LogP contribution in [0.1, 0.15) is 11.1 Å². The molecule has 0 saturated carbocycles. The highest BCUT2D eigenvalue weighted by molar-refractivity contribution is 6.06. The minimum absolute atomic E-state index is 0.999. The van der Waals surface area contributed by atoms with Crippen molar-refractivity contribution in [2.45, 2.75) is 6.42 Å². The molecule has 0 saturated heterocycles. The largest absolute Gasteiger partial charge is 0.0619 e. The summed E-state index contributed by atoms with van der Waals surface area (Å²) in [6, 6.07) is 44.5. The van der Waals surface area contributed by atoms with Gasteiger partial charge in [0.05, 0.1) is 0 Å². The highest BCUT2D eigenvalue weighted by Crippen LogP contribution is 2.46. The van der Waals surface area contributed by atoms with E-state index >= 15 is 0 Å². The molecule has 0 nitrogen and oxygen atoms in total. The van der Waals surface area contributed by atoms with Gasteiger partial charge in [-0.1, -0.05) is 109 Å². The van der Waals surface area contributed by atoms with Crippen LogP contribution in [-0.2, 0) is 6.42 Å². The van der Waals surface area contributed by atoms with Crippen molar-refractivity contribution in [2.24, 2.45) is 0 Å². The fourth-order valence-electron chi connectivity index (χ4n) is 5.55. The van der Waals surface area contributed by atoms with E-state index in [0.29, 0.717) is 0 Å². The van der Waals surface area contributed by atoms with Crippen molar-refractivity contribution < 1.29 is 0 Å². The van der Waals surface area contributed by atoms with Gasteiger partial charge >= 0.3 is 0 Å². The Labute approximate surface area is 193 Å². The molecule has 0 spiro atoms. The van der Waals surface area contributed by atoms with Crippen molar-refractivity contribution >= 4 is 21.5 Å². The fraction of sp³-hybridized carbons (Fsp3) is 0.0303. The first-order valence-corrected chi connectivity index (χ1v) is 11.6. The smallest absolute Gasteiger partial charge is 0.00132 e. The van der Waals surface area contributed by atoms with Crippen molar-refractivity contribution in [1.82, 2.24) is 0 Å². The van der Waals surface area contributed by atoms with Gasteiger partial charge in [-0.25, -0.2) is 0 Å². The van der Waals surface area contributed by atoms with Gasteiger partial charge in [0.25, 0.3) is 0 Å². The van der Waals surface area contributed by atoms with Crippen LogP contribution in [0.3, 0.4) is 0 Å². The van der Waals surface area contributed by atoms with Crippen LogP contribution in [0.25, 0.3) is 54.9 Å². The standard InChI is InChI=1S/C33H22/c1-4-14-26-22(9-1)12-7-17-29(26)32-20-25-19-24-11-3-6-16-28(24)31(25)21-33(32)30-18-8-13-23-10-2-5-15-27(23)30/h1-18,20-21H,19H2. The average molecular weight is 419 g/mol. The van der Waals surface area contributed by atoms with Crippen LogP contribution < -0.4 is 0 Å². The molecule has 154 valence electrons. The molecule has 0 atom stereocenters. The van der Waals surface area contributed by atoms with E-state index in [4.69, 9.17) is 0 Å². The van der Waals surface area contributed by atoms with Crippen LogP contribution in [0.4, 0.5) is 0 Å². The number of fused-ring (bicyclic) bond motifs is 5. The van der Waals surface area contributed by atoms with Gasteiger partial charge < -0.3 is 0 Å². The SMILES string of the molecule is c1ccc2c(c1)Cc1cc(-c3cccc4ccccc34)c(-c3cccc4ccccc34)cc1-2. The predicted octanol–water partition coefficient (Wildman–Crippen LogP) is 8.90. The van der Waals surface area contributed by atoms with E-state index in [-0.39, 0.29) is 0 Å². The Morgan fingerprint density at radius 1 is 0.333 bits per heavy atom. The molecule has 0 aromatic heterocycles. The van der Waals surface area contributed by atoms with Crippen molar-refractivity contribution in [3.05, 3.63) is 132 Å². The van der Waals surface area contributed by atoms with Crippen molar-refractivity contribution in [1.29, 1.82) is 0 Å². The summed E-state index contributed by atoms with van der Waals surface area (Å²) in [6.07, 6.45) is 0.999. The molecule has 0 aliphatic heterocycles. The number of hydrogen-bond acceptors (Lipinski definition) is 0. The van der Waals surface area contributed by atoms with E-state index in [1.165, 1.54) is 66.1 Å². The maximum atomic E-state index is 2.45. The molecule has 6 aromatic rings. The zero-order chi connectivity index (χ0) is 21.8. The Hall–Kier alpha value is -4.16. The molecule has 0 radical (unpaired) electrons. The Morgan fingerprint density at radius 2 is 0.848 bits per heavy atom. The molecule has 0 unspecified atom stereocenters. The lowest BCUT2D eigenvalue weighted by Crippen LogP contribution is -1.92.